The van der Waals surface area contributed by atoms with Gasteiger partial charge in [0.25, 0.3) is 0 Å². The predicted molar refractivity (Wildman–Crippen MR) is 50.4 cm³/mol. The van der Waals surface area contributed by atoms with Gasteiger partial charge in [0.1, 0.15) is 0 Å². The van der Waals surface area contributed by atoms with Gasteiger partial charge in [-0.05, 0) is 26.9 Å². The molecule has 0 aromatic heterocycles. The van der Waals surface area contributed by atoms with E-state index < -0.39 is 0 Å². The maximum absolute atomic E-state index is 5.16. The minimum Gasteiger partial charge on any atom is -0.380 e. The van der Waals surface area contributed by atoms with Crippen LogP contribution in [0.25, 0.3) is 0 Å². The van der Waals surface area contributed by atoms with Crippen LogP contribution in [0.1, 0.15) is 13.3 Å². The number of hydrogen-bond acceptors (Lipinski definition) is 3. The van der Waals surface area contributed by atoms with Crippen molar-refractivity contribution in [1.82, 2.24) is 10.2 Å². The molecule has 1 rings (SSSR count). The highest BCUT2D eigenvalue weighted by atomic mass is 16.5. The largest absolute Gasteiger partial charge is 0.380 e. The fourth-order valence-electron chi connectivity index (χ4n) is 1.52. The SMILES string of the molecule is CO[C@H](C)CN[C@@H]1CCN(C)C1. The first-order chi connectivity index (χ1) is 5.72. The van der Waals surface area contributed by atoms with Gasteiger partial charge in [0.15, 0.2) is 0 Å². The van der Waals surface area contributed by atoms with Crippen molar-refractivity contribution >= 4 is 0 Å². The van der Waals surface area contributed by atoms with E-state index in [9.17, 15) is 0 Å². The van der Waals surface area contributed by atoms with Crippen LogP contribution in [0, 0.1) is 0 Å². The summed E-state index contributed by atoms with van der Waals surface area (Å²) in [6.45, 7) is 5.45. The van der Waals surface area contributed by atoms with Crippen LogP contribution in [0.3, 0.4) is 0 Å². The zero-order chi connectivity index (χ0) is 8.97. The number of nitrogens with one attached hydrogen (secondary N) is 1. The Morgan fingerprint density at radius 2 is 2.42 bits per heavy atom. The van der Waals surface area contributed by atoms with Crippen molar-refractivity contribution in [2.75, 3.05) is 33.8 Å². The molecule has 1 heterocycles. The lowest BCUT2D eigenvalue weighted by Gasteiger charge is -2.15. The van der Waals surface area contributed by atoms with Gasteiger partial charge in [-0.15, -0.1) is 0 Å². The smallest absolute Gasteiger partial charge is 0.0667 e. The average Bonchev–Trinajstić information content (AvgIpc) is 2.47. The van der Waals surface area contributed by atoms with Gasteiger partial charge in [-0.25, -0.2) is 0 Å². The van der Waals surface area contributed by atoms with Gasteiger partial charge in [-0.2, -0.15) is 0 Å². The lowest BCUT2D eigenvalue weighted by Crippen LogP contribution is -2.36. The van der Waals surface area contributed by atoms with Crippen LogP contribution in [-0.2, 0) is 4.74 Å². The van der Waals surface area contributed by atoms with E-state index in [1.54, 1.807) is 7.11 Å². The Morgan fingerprint density at radius 3 is 2.92 bits per heavy atom. The number of rotatable bonds is 4. The van der Waals surface area contributed by atoms with E-state index in [-0.39, 0.29) is 0 Å². The number of methoxy groups -OCH3 is 1. The molecular formula is C9H20N2O. The summed E-state index contributed by atoms with van der Waals surface area (Å²) in [7, 11) is 3.93. The van der Waals surface area contributed by atoms with Crippen LogP contribution in [-0.4, -0.2) is 50.8 Å². The number of nitrogens with zero attached hydrogens (tertiary/aromatic N) is 1. The van der Waals surface area contributed by atoms with E-state index >= 15 is 0 Å². The first-order valence-electron chi connectivity index (χ1n) is 4.67. The maximum Gasteiger partial charge on any atom is 0.0667 e. The van der Waals surface area contributed by atoms with Crippen LogP contribution >= 0.6 is 0 Å². The van der Waals surface area contributed by atoms with E-state index in [2.05, 4.69) is 24.2 Å². The third-order valence-electron chi connectivity index (χ3n) is 2.49. The van der Waals surface area contributed by atoms with Crippen LogP contribution in [0.4, 0.5) is 0 Å². The quantitative estimate of drug-likeness (QED) is 0.661. The van der Waals surface area contributed by atoms with E-state index in [4.69, 9.17) is 4.74 Å². The Balaban J connectivity index is 2.07. The molecule has 0 unspecified atom stereocenters. The molecule has 0 saturated carbocycles. The van der Waals surface area contributed by atoms with Gasteiger partial charge in [0.05, 0.1) is 6.10 Å². The molecule has 2 atom stereocenters. The summed E-state index contributed by atoms with van der Waals surface area (Å²) in [5.74, 6) is 0. The molecule has 1 aliphatic heterocycles. The van der Waals surface area contributed by atoms with Crippen molar-refractivity contribution in [3.63, 3.8) is 0 Å². The molecule has 3 heteroatoms. The highest BCUT2D eigenvalue weighted by Crippen LogP contribution is 2.05. The summed E-state index contributed by atoms with van der Waals surface area (Å²) < 4.78 is 5.16. The van der Waals surface area contributed by atoms with Crippen LogP contribution in [0.5, 0.6) is 0 Å². The zero-order valence-electron chi connectivity index (χ0n) is 8.34. The van der Waals surface area contributed by atoms with Crippen molar-refractivity contribution in [1.29, 1.82) is 0 Å². The third kappa shape index (κ3) is 3.09. The van der Waals surface area contributed by atoms with Crippen molar-refractivity contribution in [2.24, 2.45) is 0 Å². The molecule has 0 amide bonds. The number of ether oxygens (including phenoxy) is 1. The summed E-state index contributed by atoms with van der Waals surface area (Å²) >= 11 is 0. The van der Waals surface area contributed by atoms with Crippen molar-refractivity contribution in [3.8, 4) is 0 Å². The van der Waals surface area contributed by atoms with Crippen LogP contribution < -0.4 is 5.32 Å². The van der Waals surface area contributed by atoms with E-state index in [1.807, 2.05) is 0 Å². The van der Waals surface area contributed by atoms with Gasteiger partial charge in [-0.3, -0.25) is 0 Å². The van der Waals surface area contributed by atoms with E-state index in [0.717, 1.165) is 6.54 Å². The molecule has 0 aromatic rings. The summed E-state index contributed by atoms with van der Waals surface area (Å²) in [5.41, 5.74) is 0. The molecule has 0 aliphatic carbocycles. The summed E-state index contributed by atoms with van der Waals surface area (Å²) in [5, 5.41) is 3.50. The summed E-state index contributed by atoms with van der Waals surface area (Å²) in [6, 6.07) is 0.674. The fourth-order valence-corrected chi connectivity index (χ4v) is 1.52. The lowest BCUT2D eigenvalue weighted by atomic mass is 10.2. The maximum atomic E-state index is 5.16. The van der Waals surface area contributed by atoms with Gasteiger partial charge >= 0.3 is 0 Å². The van der Waals surface area contributed by atoms with Crippen molar-refractivity contribution < 1.29 is 4.74 Å². The van der Waals surface area contributed by atoms with Crippen LogP contribution in [0.2, 0.25) is 0 Å². The monoisotopic (exact) mass is 172 g/mol. The molecule has 0 bridgehead atoms. The Bertz CT molecular complexity index is 130. The first kappa shape index (κ1) is 9.96. The molecule has 1 fully saturated rings. The second-order valence-electron chi connectivity index (χ2n) is 3.70. The molecular weight excluding hydrogens is 152 g/mol. The third-order valence-corrected chi connectivity index (χ3v) is 2.49. The molecule has 1 N–H and O–H groups in total. The lowest BCUT2D eigenvalue weighted by molar-refractivity contribution is 0.114. The standard InChI is InChI=1S/C9H20N2O/c1-8(12-3)6-10-9-4-5-11(2)7-9/h8-10H,4-7H2,1-3H3/t8-,9-/m1/s1. The van der Waals surface area contributed by atoms with Crippen LogP contribution in [0.15, 0.2) is 0 Å². The minimum atomic E-state index is 0.330. The van der Waals surface area contributed by atoms with Gasteiger partial charge < -0.3 is 15.0 Å². The predicted octanol–water partition coefficient (Wildman–Crippen LogP) is 0.315. The van der Waals surface area contributed by atoms with Crippen molar-refractivity contribution in [3.05, 3.63) is 0 Å². The number of likely N-dealkylation sites (N-methyl/N-ethyl adjacent to an activating group) is 1. The molecule has 0 spiro atoms. The second kappa shape index (κ2) is 4.80. The Labute approximate surface area is 75.1 Å². The molecule has 12 heavy (non-hydrogen) atoms. The summed E-state index contributed by atoms with van der Waals surface area (Å²) in [4.78, 5) is 2.36. The Kier molecular flexibility index (Phi) is 3.98. The van der Waals surface area contributed by atoms with E-state index in [0.29, 0.717) is 12.1 Å². The second-order valence-corrected chi connectivity index (χ2v) is 3.70. The average molecular weight is 172 g/mol. The Hall–Kier alpha value is -0.120. The minimum absolute atomic E-state index is 0.330. The zero-order valence-corrected chi connectivity index (χ0v) is 8.34. The first-order valence-corrected chi connectivity index (χ1v) is 4.67. The topological polar surface area (TPSA) is 24.5 Å². The Morgan fingerprint density at radius 1 is 1.67 bits per heavy atom. The molecule has 0 radical (unpaired) electrons. The highest BCUT2D eigenvalue weighted by Gasteiger charge is 2.18. The van der Waals surface area contributed by atoms with Gasteiger partial charge in [-0.1, -0.05) is 0 Å². The van der Waals surface area contributed by atoms with Gasteiger partial charge in [0, 0.05) is 26.2 Å². The molecule has 1 saturated heterocycles. The summed E-state index contributed by atoms with van der Waals surface area (Å²) in [6.07, 6.45) is 1.60. The van der Waals surface area contributed by atoms with Crippen molar-refractivity contribution in [2.45, 2.75) is 25.5 Å². The number of likely N-dealkylation sites (tertiary alicyclic amines) is 1. The molecule has 1 aliphatic rings. The molecule has 0 aromatic carbocycles. The normalized spacial score (nSPS) is 27.8. The highest BCUT2D eigenvalue weighted by molar-refractivity contribution is 4.79. The van der Waals surface area contributed by atoms with E-state index in [1.165, 1.54) is 19.5 Å². The molecule has 72 valence electrons. The number of hydrogen-bond donors (Lipinski definition) is 1. The van der Waals surface area contributed by atoms with Gasteiger partial charge in [0.2, 0.25) is 0 Å². The fraction of sp³-hybridized carbons (Fsp3) is 1.00. The molecule has 3 nitrogen and oxygen atoms in total.